The van der Waals surface area contributed by atoms with Gasteiger partial charge in [-0.05, 0) is 66.9 Å². The number of aryl methyl sites for hydroxylation is 2. The van der Waals surface area contributed by atoms with Gasteiger partial charge in [0.15, 0.2) is 6.61 Å². The predicted molar refractivity (Wildman–Crippen MR) is 142 cm³/mol. The fourth-order valence-corrected chi connectivity index (χ4v) is 3.96. The van der Waals surface area contributed by atoms with Gasteiger partial charge in [0.05, 0.1) is 10.7 Å². The Bertz CT molecular complexity index is 1470. The molecule has 188 valence electrons. The summed E-state index contributed by atoms with van der Waals surface area (Å²) in [6.07, 6.45) is 1.31. The molecule has 4 rings (SSSR count). The number of ether oxygens (including phenoxy) is 1. The van der Waals surface area contributed by atoms with Crippen molar-refractivity contribution in [1.29, 1.82) is 0 Å². The Morgan fingerprint density at radius 1 is 0.973 bits per heavy atom. The standard InChI is InChI=1S/C27H21Cl2N3O5/c1-15-7-9-18(13-20(15)28)32-26(35)19(25(34)31-27(32)36)11-17-8-10-23(21(29)12-17)37-14-24(33)30-22-6-4-3-5-16(22)2/h3-13H,14H2,1-2H3,(H,30,33)(H,31,34,36)/b19-11+. The maximum atomic E-state index is 13.1. The maximum Gasteiger partial charge on any atom is 0.335 e. The number of hydrogen-bond donors (Lipinski definition) is 2. The number of halogens is 2. The van der Waals surface area contributed by atoms with Crippen LogP contribution in [-0.4, -0.2) is 30.4 Å². The molecule has 2 N–H and O–H groups in total. The molecule has 37 heavy (non-hydrogen) atoms. The van der Waals surface area contributed by atoms with Crippen molar-refractivity contribution in [3.05, 3.63) is 93.0 Å². The first-order valence-electron chi connectivity index (χ1n) is 11.1. The molecule has 3 aromatic carbocycles. The van der Waals surface area contributed by atoms with Crippen molar-refractivity contribution in [2.75, 3.05) is 16.8 Å². The summed E-state index contributed by atoms with van der Waals surface area (Å²) < 4.78 is 5.53. The number of carbonyl (C=O) groups is 4. The summed E-state index contributed by atoms with van der Waals surface area (Å²) in [4.78, 5) is 51.0. The normalized spacial score (nSPS) is 14.5. The fraction of sp³-hybridized carbons (Fsp3) is 0.111. The molecule has 8 nitrogen and oxygen atoms in total. The number of rotatable bonds is 6. The number of carbonyl (C=O) groups excluding carboxylic acids is 4. The second-order valence-corrected chi connectivity index (χ2v) is 9.05. The van der Waals surface area contributed by atoms with E-state index in [-0.39, 0.29) is 34.5 Å². The molecule has 3 aromatic rings. The second kappa shape index (κ2) is 10.9. The lowest BCUT2D eigenvalue weighted by Crippen LogP contribution is -2.54. The molecule has 0 unspecified atom stereocenters. The quantitative estimate of drug-likeness (QED) is 0.328. The van der Waals surface area contributed by atoms with Gasteiger partial charge in [0.2, 0.25) is 0 Å². The minimum absolute atomic E-state index is 0.167. The Labute approximate surface area is 222 Å². The molecule has 5 amide bonds. The average molecular weight is 538 g/mol. The van der Waals surface area contributed by atoms with E-state index in [0.717, 1.165) is 16.0 Å². The molecular formula is C27H21Cl2N3O5. The SMILES string of the molecule is Cc1ccc(N2C(=O)NC(=O)/C(=C\c3ccc(OCC(=O)Nc4ccccc4C)c(Cl)c3)C2=O)cc1Cl. The number of nitrogens with zero attached hydrogens (tertiary/aromatic N) is 1. The van der Waals surface area contributed by atoms with Crippen LogP contribution in [0.4, 0.5) is 16.2 Å². The highest BCUT2D eigenvalue weighted by molar-refractivity contribution is 6.39. The number of imide groups is 2. The summed E-state index contributed by atoms with van der Waals surface area (Å²) in [6.45, 7) is 3.39. The number of barbiturate groups is 1. The molecule has 10 heteroatoms. The van der Waals surface area contributed by atoms with E-state index in [9.17, 15) is 19.2 Å². The van der Waals surface area contributed by atoms with Gasteiger partial charge < -0.3 is 10.1 Å². The first-order chi connectivity index (χ1) is 17.6. The van der Waals surface area contributed by atoms with Gasteiger partial charge in [0, 0.05) is 10.7 Å². The highest BCUT2D eigenvalue weighted by Gasteiger charge is 2.37. The summed E-state index contributed by atoms with van der Waals surface area (Å²) in [5.41, 5.74) is 2.74. The summed E-state index contributed by atoms with van der Waals surface area (Å²) >= 11 is 12.5. The van der Waals surface area contributed by atoms with Gasteiger partial charge in [-0.1, -0.05) is 53.5 Å². The molecule has 0 spiro atoms. The van der Waals surface area contributed by atoms with E-state index in [0.29, 0.717) is 16.3 Å². The smallest absolute Gasteiger partial charge is 0.335 e. The topological polar surface area (TPSA) is 105 Å². The lowest BCUT2D eigenvalue weighted by molar-refractivity contribution is -0.122. The van der Waals surface area contributed by atoms with Crippen molar-refractivity contribution in [3.8, 4) is 5.75 Å². The van der Waals surface area contributed by atoms with E-state index in [2.05, 4.69) is 10.6 Å². The predicted octanol–water partition coefficient (Wildman–Crippen LogP) is 5.29. The zero-order valence-corrected chi connectivity index (χ0v) is 21.3. The molecule has 0 bridgehead atoms. The van der Waals surface area contributed by atoms with E-state index < -0.39 is 17.8 Å². The number of benzene rings is 3. The van der Waals surface area contributed by atoms with E-state index in [1.54, 1.807) is 31.2 Å². The zero-order valence-electron chi connectivity index (χ0n) is 19.8. The molecule has 1 aliphatic heterocycles. The van der Waals surface area contributed by atoms with Crippen LogP contribution in [0.25, 0.3) is 6.08 Å². The van der Waals surface area contributed by atoms with Gasteiger partial charge in [-0.2, -0.15) is 0 Å². The molecular weight excluding hydrogens is 517 g/mol. The zero-order chi connectivity index (χ0) is 26.7. The molecule has 0 saturated carbocycles. The molecule has 1 aliphatic rings. The number of amides is 5. The van der Waals surface area contributed by atoms with Crippen LogP contribution in [-0.2, 0) is 14.4 Å². The second-order valence-electron chi connectivity index (χ2n) is 8.23. The van der Waals surface area contributed by atoms with Crippen LogP contribution < -0.4 is 20.3 Å². The Morgan fingerprint density at radius 3 is 2.43 bits per heavy atom. The molecule has 1 heterocycles. The van der Waals surface area contributed by atoms with Gasteiger partial charge in [0.25, 0.3) is 17.7 Å². The molecule has 0 atom stereocenters. The van der Waals surface area contributed by atoms with Crippen molar-refractivity contribution in [2.24, 2.45) is 0 Å². The van der Waals surface area contributed by atoms with Crippen LogP contribution in [0.3, 0.4) is 0 Å². The Kier molecular flexibility index (Phi) is 7.61. The van der Waals surface area contributed by atoms with Crippen LogP contribution in [0.15, 0.2) is 66.2 Å². The van der Waals surface area contributed by atoms with Crippen LogP contribution in [0.2, 0.25) is 10.0 Å². The van der Waals surface area contributed by atoms with Crippen molar-refractivity contribution >= 4 is 64.4 Å². The number of nitrogens with one attached hydrogen (secondary N) is 2. The summed E-state index contributed by atoms with van der Waals surface area (Å²) in [7, 11) is 0. The Hall–Kier alpha value is -4.14. The number of urea groups is 1. The van der Waals surface area contributed by atoms with E-state index in [1.807, 2.05) is 25.1 Å². The third kappa shape index (κ3) is 5.82. The maximum absolute atomic E-state index is 13.1. The highest BCUT2D eigenvalue weighted by Crippen LogP contribution is 2.29. The largest absolute Gasteiger partial charge is 0.482 e. The van der Waals surface area contributed by atoms with Crippen molar-refractivity contribution in [3.63, 3.8) is 0 Å². The van der Waals surface area contributed by atoms with Gasteiger partial charge in [-0.25, -0.2) is 9.69 Å². The van der Waals surface area contributed by atoms with Crippen LogP contribution in [0, 0.1) is 13.8 Å². The third-order valence-electron chi connectivity index (χ3n) is 5.56. The number of hydrogen-bond acceptors (Lipinski definition) is 5. The molecule has 1 saturated heterocycles. The van der Waals surface area contributed by atoms with Crippen molar-refractivity contribution in [2.45, 2.75) is 13.8 Å². The van der Waals surface area contributed by atoms with Gasteiger partial charge in [0.1, 0.15) is 11.3 Å². The summed E-state index contributed by atoms with van der Waals surface area (Å²) in [6, 6.07) is 15.7. The van der Waals surface area contributed by atoms with Crippen molar-refractivity contribution < 1.29 is 23.9 Å². The first-order valence-corrected chi connectivity index (χ1v) is 11.8. The average Bonchev–Trinajstić information content (AvgIpc) is 2.84. The van der Waals surface area contributed by atoms with Crippen LogP contribution in [0.5, 0.6) is 5.75 Å². The third-order valence-corrected chi connectivity index (χ3v) is 6.26. The molecule has 0 aromatic heterocycles. The van der Waals surface area contributed by atoms with E-state index >= 15 is 0 Å². The first kappa shape index (κ1) is 25.9. The lowest BCUT2D eigenvalue weighted by atomic mass is 10.1. The van der Waals surface area contributed by atoms with Crippen molar-refractivity contribution in [1.82, 2.24) is 5.32 Å². The molecule has 1 fully saturated rings. The fourth-order valence-electron chi connectivity index (χ4n) is 3.55. The summed E-state index contributed by atoms with van der Waals surface area (Å²) in [5.74, 6) is -1.76. The molecule has 0 radical (unpaired) electrons. The lowest BCUT2D eigenvalue weighted by Gasteiger charge is -2.26. The Morgan fingerprint density at radius 2 is 1.73 bits per heavy atom. The van der Waals surface area contributed by atoms with Gasteiger partial charge in [-0.15, -0.1) is 0 Å². The highest BCUT2D eigenvalue weighted by atomic mass is 35.5. The van der Waals surface area contributed by atoms with Crippen LogP contribution >= 0.6 is 23.2 Å². The van der Waals surface area contributed by atoms with Gasteiger partial charge in [-0.3, -0.25) is 19.7 Å². The molecule has 0 aliphatic carbocycles. The number of para-hydroxylation sites is 1. The number of anilines is 2. The minimum Gasteiger partial charge on any atom is -0.482 e. The summed E-state index contributed by atoms with van der Waals surface area (Å²) in [5, 5.41) is 5.46. The van der Waals surface area contributed by atoms with E-state index in [4.69, 9.17) is 27.9 Å². The van der Waals surface area contributed by atoms with Gasteiger partial charge >= 0.3 is 6.03 Å². The minimum atomic E-state index is -0.877. The monoisotopic (exact) mass is 537 g/mol. The Balaban J connectivity index is 1.49. The van der Waals surface area contributed by atoms with E-state index in [1.165, 1.54) is 24.3 Å². The van der Waals surface area contributed by atoms with Crippen LogP contribution in [0.1, 0.15) is 16.7 Å².